The minimum absolute atomic E-state index is 0.254. The van der Waals surface area contributed by atoms with Gasteiger partial charge in [0.2, 0.25) is 11.8 Å². The number of amides is 2. The lowest BCUT2D eigenvalue weighted by atomic mass is 10.1. The molecule has 1 aliphatic carbocycles. The van der Waals surface area contributed by atoms with E-state index in [1.165, 1.54) is 0 Å². The van der Waals surface area contributed by atoms with Gasteiger partial charge in [-0.2, -0.15) is 0 Å². The van der Waals surface area contributed by atoms with Gasteiger partial charge < -0.3 is 26.6 Å². The Bertz CT molecular complexity index is 897. The summed E-state index contributed by atoms with van der Waals surface area (Å²) in [6, 6.07) is -4.23. The van der Waals surface area contributed by atoms with Gasteiger partial charge in [-0.05, 0) is 18.6 Å². The van der Waals surface area contributed by atoms with Gasteiger partial charge >= 0.3 is 11.9 Å². The SMILES string of the molecule is NC(CCC(=O)NC(CSC1(Cl)C=CC([N+](=O)[O-])C=C1[N+](=O)[O-])C(=O)NCC(=O)O)C(=O)O. The molecule has 6 N–H and O–H groups in total. The van der Waals surface area contributed by atoms with Gasteiger partial charge in [-0.15, -0.1) is 11.8 Å². The van der Waals surface area contributed by atoms with Crippen LogP contribution in [0, 0.1) is 20.2 Å². The van der Waals surface area contributed by atoms with Crippen molar-refractivity contribution >= 4 is 47.1 Å². The number of alkyl halides is 1. The first-order valence-electron chi connectivity index (χ1n) is 9.06. The molecule has 0 aromatic carbocycles. The first-order chi connectivity index (χ1) is 15.3. The Labute approximate surface area is 194 Å². The summed E-state index contributed by atoms with van der Waals surface area (Å²) in [5.74, 6) is -4.85. The quantitative estimate of drug-likeness (QED) is 0.0859. The van der Waals surface area contributed by atoms with E-state index in [1.54, 1.807) is 0 Å². The van der Waals surface area contributed by atoms with Crippen molar-refractivity contribution in [2.45, 2.75) is 35.2 Å². The first kappa shape index (κ1) is 27.8. The molecule has 0 saturated carbocycles. The molecule has 0 spiro atoms. The average Bonchev–Trinajstić information content (AvgIpc) is 2.72. The van der Waals surface area contributed by atoms with E-state index in [0.29, 0.717) is 11.8 Å². The maximum absolute atomic E-state index is 12.3. The van der Waals surface area contributed by atoms with Crippen molar-refractivity contribution in [3.05, 3.63) is 44.2 Å². The zero-order chi connectivity index (χ0) is 25.3. The van der Waals surface area contributed by atoms with Gasteiger partial charge in [0.1, 0.15) is 18.6 Å². The lowest BCUT2D eigenvalue weighted by Crippen LogP contribution is -2.50. The maximum atomic E-state index is 12.3. The highest BCUT2D eigenvalue weighted by atomic mass is 35.5. The number of hydrogen-bond donors (Lipinski definition) is 5. The molecule has 1 rings (SSSR count). The van der Waals surface area contributed by atoms with Gasteiger partial charge in [-0.25, -0.2) is 0 Å². The minimum Gasteiger partial charge on any atom is -0.480 e. The van der Waals surface area contributed by atoms with Crippen LogP contribution in [0.1, 0.15) is 12.8 Å². The molecule has 4 unspecified atom stereocenters. The smallest absolute Gasteiger partial charge is 0.322 e. The molecule has 0 saturated heterocycles. The standard InChI is InChI=1S/C16H20ClN5O10S/c17-16(4-3-8(21(29)30)5-11(16)22(31)32)33-7-10(14(26)19-6-13(24)25)20-12(23)2-1-9(18)15(27)28/h3-5,8-10H,1-2,6-7,18H2,(H,19,26)(H,20,23)(H,24,25)(H,27,28). The fraction of sp³-hybridized carbons (Fsp3) is 0.500. The van der Waals surface area contributed by atoms with Crippen LogP contribution in [-0.2, 0) is 19.2 Å². The summed E-state index contributed by atoms with van der Waals surface area (Å²) in [4.78, 5) is 66.6. The number of nitrogens with one attached hydrogen (secondary N) is 2. The lowest BCUT2D eigenvalue weighted by Gasteiger charge is -2.25. The predicted molar refractivity (Wildman–Crippen MR) is 113 cm³/mol. The molecule has 1 aliphatic rings. The molecule has 0 aliphatic heterocycles. The normalized spacial score (nSPS) is 21.3. The van der Waals surface area contributed by atoms with Crippen molar-refractivity contribution in [1.82, 2.24) is 10.6 Å². The molecule has 0 aromatic heterocycles. The second-order valence-corrected chi connectivity index (χ2v) is 8.70. The molecule has 0 aromatic rings. The fourth-order valence-corrected chi connectivity index (χ4v) is 3.93. The maximum Gasteiger partial charge on any atom is 0.322 e. The first-order valence-corrected chi connectivity index (χ1v) is 10.4. The van der Waals surface area contributed by atoms with Gasteiger partial charge in [0, 0.05) is 17.1 Å². The van der Waals surface area contributed by atoms with Crippen molar-refractivity contribution in [2.75, 3.05) is 12.3 Å². The van der Waals surface area contributed by atoms with E-state index in [2.05, 4.69) is 5.32 Å². The number of aliphatic carboxylic acids is 2. The average molecular weight is 510 g/mol. The predicted octanol–water partition coefficient (Wildman–Crippen LogP) is -1.09. The molecule has 4 atom stereocenters. The Morgan fingerprint density at radius 1 is 1.27 bits per heavy atom. The number of thioether (sulfide) groups is 1. The highest BCUT2D eigenvalue weighted by Crippen LogP contribution is 2.42. The number of carbonyl (C=O) groups excluding carboxylic acids is 2. The number of rotatable bonds is 13. The van der Waals surface area contributed by atoms with Crippen LogP contribution in [0.5, 0.6) is 0 Å². The summed E-state index contributed by atoms with van der Waals surface area (Å²) >= 11 is 6.88. The van der Waals surface area contributed by atoms with E-state index in [-0.39, 0.29) is 12.8 Å². The highest BCUT2D eigenvalue weighted by molar-refractivity contribution is 8.02. The van der Waals surface area contributed by atoms with Gasteiger partial charge in [0.05, 0.1) is 11.0 Å². The zero-order valence-electron chi connectivity index (χ0n) is 16.7. The topological polar surface area (TPSA) is 245 Å². The highest BCUT2D eigenvalue weighted by Gasteiger charge is 2.45. The monoisotopic (exact) mass is 509 g/mol. The molecule has 0 heterocycles. The third kappa shape index (κ3) is 8.66. The number of halogens is 1. The Morgan fingerprint density at radius 2 is 1.91 bits per heavy atom. The lowest BCUT2D eigenvalue weighted by molar-refractivity contribution is -0.500. The molecule has 0 fully saturated rings. The van der Waals surface area contributed by atoms with Crippen LogP contribution in [0.15, 0.2) is 23.9 Å². The molecule has 15 nitrogen and oxygen atoms in total. The van der Waals surface area contributed by atoms with E-state index < -0.39 is 73.9 Å². The van der Waals surface area contributed by atoms with Crippen LogP contribution in [0.3, 0.4) is 0 Å². The van der Waals surface area contributed by atoms with E-state index >= 15 is 0 Å². The Balaban J connectivity index is 2.98. The molecule has 17 heteroatoms. The van der Waals surface area contributed by atoms with Gasteiger partial charge in [-0.3, -0.25) is 39.4 Å². The van der Waals surface area contributed by atoms with Gasteiger partial charge in [0.25, 0.3) is 11.7 Å². The summed E-state index contributed by atoms with van der Waals surface area (Å²) in [7, 11) is 0. The molecular weight excluding hydrogens is 490 g/mol. The third-order valence-corrected chi connectivity index (χ3v) is 6.06. The van der Waals surface area contributed by atoms with Crippen molar-refractivity contribution < 1.29 is 39.2 Å². The number of nitro groups is 2. The van der Waals surface area contributed by atoms with Crippen LogP contribution >= 0.6 is 23.4 Å². The molecule has 33 heavy (non-hydrogen) atoms. The fourth-order valence-electron chi connectivity index (χ4n) is 2.43. The number of hydrogen-bond acceptors (Lipinski definition) is 10. The Morgan fingerprint density at radius 3 is 2.42 bits per heavy atom. The largest absolute Gasteiger partial charge is 0.480 e. The van der Waals surface area contributed by atoms with E-state index in [0.717, 1.165) is 18.2 Å². The Kier molecular flexibility index (Phi) is 10.2. The van der Waals surface area contributed by atoms with Crippen LogP contribution in [0.4, 0.5) is 0 Å². The minimum atomic E-state index is -1.92. The van der Waals surface area contributed by atoms with E-state index in [4.69, 9.17) is 27.5 Å². The summed E-state index contributed by atoms with van der Waals surface area (Å²) < 4.78 is -1.92. The molecular formula is C16H20ClN5O10S. The van der Waals surface area contributed by atoms with Crippen molar-refractivity contribution in [2.24, 2.45) is 5.73 Å². The number of carboxylic acids is 2. The van der Waals surface area contributed by atoms with Crippen LogP contribution in [0.25, 0.3) is 0 Å². The summed E-state index contributed by atoms with van der Waals surface area (Å²) in [5, 5.41) is 44.1. The third-order valence-electron chi connectivity index (χ3n) is 4.15. The summed E-state index contributed by atoms with van der Waals surface area (Å²) in [6.45, 7) is -0.782. The molecule has 182 valence electrons. The second kappa shape index (κ2) is 12.1. The van der Waals surface area contributed by atoms with Crippen molar-refractivity contribution in [1.29, 1.82) is 0 Å². The van der Waals surface area contributed by atoms with E-state index in [1.807, 2.05) is 5.32 Å². The summed E-state index contributed by atoms with van der Waals surface area (Å²) in [5.41, 5.74) is 4.59. The van der Waals surface area contributed by atoms with Crippen molar-refractivity contribution in [3.63, 3.8) is 0 Å². The number of nitrogens with zero attached hydrogens (tertiary/aromatic N) is 2. The van der Waals surface area contributed by atoms with Crippen LogP contribution < -0.4 is 16.4 Å². The second-order valence-electron chi connectivity index (χ2n) is 6.62. The van der Waals surface area contributed by atoms with Crippen LogP contribution in [0.2, 0.25) is 0 Å². The zero-order valence-corrected chi connectivity index (χ0v) is 18.3. The molecule has 2 amide bonds. The van der Waals surface area contributed by atoms with Crippen molar-refractivity contribution in [3.8, 4) is 0 Å². The molecule has 0 bridgehead atoms. The van der Waals surface area contributed by atoms with E-state index in [9.17, 15) is 39.4 Å². The van der Waals surface area contributed by atoms with Gasteiger partial charge in [-0.1, -0.05) is 11.6 Å². The number of carboxylic acid groups (broad SMARTS) is 2. The number of nitrogens with two attached hydrogens (primary N) is 1. The van der Waals surface area contributed by atoms with Gasteiger partial charge in [0.15, 0.2) is 4.21 Å². The summed E-state index contributed by atoms with van der Waals surface area (Å²) in [6.07, 6.45) is 2.16. The van der Waals surface area contributed by atoms with Crippen LogP contribution in [-0.4, -0.2) is 78.4 Å². The molecule has 0 radical (unpaired) electrons. The number of carbonyl (C=O) groups is 4. The Hall–Kier alpha value is -3.24.